The van der Waals surface area contributed by atoms with Gasteiger partial charge < -0.3 is 10.5 Å². The first kappa shape index (κ1) is 13.0. The summed E-state index contributed by atoms with van der Waals surface area (Å²) in [7, 11) is 1.71. The number of thiazole rings is 1. The van der Waals surface area contributed by atoms with Crippen molar-refractivity contribution >= 4 is 11.3 Å². The van der Waals surface area contributed by atoms with E-state index in [0.717, 1.165) is 26.2 Å². The van der Waals surface area contributed by atoms with Crippen LogP contribution in [0, 0.1) is 5.41 Å². The Morgan fingerprint density at radius 3 is 3.12 bits per heavy atom. The van der Waals surface area contributed by atoms with Gasteiger partial charge >= 0.3 is 0 Å². The molecular weight excluding hydrogens is 234 g/mol. The summed E-state index contributed by atoms with van der Waals surface area (Å²) in [5.41, 5.74) is 6.11. The van der Waals surface area contributed by atoms with Gasteiger partial charge in [0.2, 0.25) is 0 Å². The highest BCUT2D eigenvalue weighted by Gasteiger charge is 2.32. The molecule has 0 radical (unpaired) electrons. The Labute approximate surface area is 107 Å². The van der Waals surface area contributed by atoms with Crippen molar-refractivity contribution in [1.29, 1.82) is 0 Å². The van der Waals surface area contributed by atoms with Crippen LogP contribution in [0.3, 0.4) is 0 Å². The third kappa shape index (κ3) is 3.25. The summed E-state index contributed by atoms with van der Waals surface area (Å²) >= 11 is 1.74. The average Bonchev–Trinajstić information content (AvgIpc) is 2.89. The second-order valence-corrected chi connectivity index (χ2v) is 6.33. The normalized spacial score (nSPS) is 25.6. The predicted octanol–water partition coefficient (Wildman–Crippen LogP) is 1.46. The van der Waals surface area contributed by atoms with Crippen LogP contribution in [-0.4, -0.2) is 36.6 Å². The molecule has 1 aliphatic rings. The highest BCUT2D eigenvalue weighted by atomic mass is 32.1. The van der Waals surface area contributed by atoms with E-state index in [2.05, 4.69) is 16.8 Å². The van der Waals surface area contributed by atoms with Crippen LogP contribution in [0.25, 0.3) is 0 Å². The molecular formula is C12H21N3OS. The molecule has 17 heavy (non-hydrogen) atoms. The van der Waals surface area contributed by atoms with Crippen molar-refractivity contribution in [3.63, 3.8) is 0 Å². The van der Waals surface area contributed by atoms with E-state index in [0.29, 0.717) is 12.0 Å². The van der Waals surface area contributed by atoms with E-state index in [1.165, 1.54) is 16.3 Å². The van der Waals surface area contributed by atoms with Crippen LogP contribution in [-0.2, 0) is 17.9 Å². The Hall–Kier alpha value is -0.490. The van der Waals surface area contributed by atoms with Gasteiger partial charge in [0.05, 0.1) is 18.0 Å². The predicted molar refractivity (Wildman–Crippen MR) is 69.9 cm³/mol. The minimum Gasteiger partial charge on any atom is -0.379 e. The average molecular weight is 255 g/mol. The molecule has 2 heterocycles. The van der Waals surface area contributed by atoms with Gasteiger partial charge in [0.25, 0.3) is 0 Å². The molecule has 0 saturated carbocycles. The molecule has 0 amide bonds. The molecule has 2 N–H and O–H groups in total. The summed E-state index contributed by atoms with van der Waals surface area (Å²) in [6.45, 7) is 6.87. The fourth-order valence-electron chi connectivity index (χ4n) is 2.25. The van der Waals surface area contributed by atoms with Crippen LogP contribution in [0.2, 0.25) is 0 Å². The molecule has 96 valence electrons. The van der Waals surface area contributed by atoms with Crippen molar-refractivity contribution in [2.45, 2.75) is 26.5 Å². The molecule has 0 spiro atoms. The molecule has 0 bridgehead atoms. The highest BCUT2D eigenvalue weighted by Crippen LogP contribution is 2.30. The minimum absolute atomic E-state index is 0.298. The van der Waals surface area contributed by atoms with E-state index in [-0.39, 0.29) is 0 Å². The number of nitrogens with zero attached hydrogens (tertiary/aromatic N) is 2. The third-order valence-corrected chi connectivity index (χ3v) is 4.33. The first-order valence-electron chi connectivity index (χ1n) is 6.00. The number of rotatable bonds is 5. The van der Waals surface area contributed by atoms with Gasteiger partial charge in [0, 0.05) is 19.9 Å². The van der Waals surface area contributed by atoms with Crippen LogP contribution >= 0.6 is 11.3 Å². The lowest BCUT2D eigenvalue weighted by Crippen LogP contribution is -2.31. The molecule has 1 saturated heterocycles. The Morgan fingerprint density at radius 1 is 1.65 bits per heavy atom. The molecule has 4 nitrogen and oxygen atoms in total. The fraction of sp³-hybridized carbons (Fsp3) is 0.750. The van der Waals surface area contributed by atoms with E-state index >= 15 is 0 Å². The second-order valence-electron chi connectivity index (χ2n) is 5.13. The van der Waals surface area contributed by atoms with Gasteiger partial charge in [-0.3, -0.25) is 4.90 Å². The van der Waals surface area contributed by atoms with E-state index in [9.17, 15) is 0 Å². The zero-order valence-corrected chi connectivity index (χ0v) is 11.4. The molecule has 1 aromatic rings. The lowest BCUT2D eigenvalue weighted by Gasteiger charge is -2.21. The van der Waals surface area contributed by atoms with Gasteiger partial charge in [-0.15, -0.1) is 11.3 Å². The molecule has 0 aliphatic carbocycles. The number of likely N-dealkylation sites (tertiary alicyclic amines) is 1. The lowest BCUT2D eigenvalue weighted by atomic mass is 9.90. The summed E-state index contributed by atoms with van der Waals surface area (Å²) in [6, 6.07) is 0. The topological polar surface area (TPSA) is 51.4 Å². The Bertz CT molecular complexity index is 368. The van der Waals surface area contributed by atoms with Gasteiger partial charge in [-0.2, -0.15) is 0 Å². The van der Waals surface area contributed by atoms with Gasteiger partial charge in [0.1, 0.15) is 5.01 Å². The molecule has 1 aromatic heterocycles. The summed E-state index contributed by atoms with van der Waals surface area (Å²) in [6.07, 6.45) is 3.11. The molecule has 1 fully saturated rings. The maximum Gasteiger partial charge on any atom is 0.107 e. The van der Waals surface area contributed by atoms with E-state index in [1.54, 1.807) is 18.4 Å². The fourth-order valence-corrected chi connectivity index (χ4v) is 3.19. The van der Waals surface area contributed by atoms with Gasteiger partial charge in [-0.25, -0.2) is 4.98 Å². The van der Waals surface area contributed by atoms with Crippen LogP contribution in [0.15, 0.2) is 6.20 Å². The quantitative estimate of drug-likeness (QED) is 0.865. The van der Waals surface area contributed by atoms with Crippen LogP contribution in [0.5, 0.6) is 0 Å². The Kier molecular flexibility index (Phi) is 4.14. The maximum atomic E-state index is 5.81. The molecule has 1 unspecified atom stereocenters. The smallest absolute Gasteiger partial charge is 0.107 e. The van der Waals surface area contributed by atoms with E-state index in [1.807, 2.05) is 6.20 Å². The van der Waals surface area contributed by atoms with Crippen molar-refractivity contribution in [1.82, 2.24) is 9.88 Å². The monoisotopic (exact) mass is 255 g/mol. The Morgan fingerprint density at radius 2 is 2.47 bits per heavy atom. The van der Waals surface area contributed by atoms with Crippen LogP contribution in [0.1, 0.15) is 23.2 Å². The molecule has 1 aliphatic heterocycles. The standard InChI is InChI=1S/C12H21N3OS/c1-12(8-13)3-4-15(9-12)6-11-14-5-10(17-11)7-16-2/h5H,3-4,6-9,13H2,1-2H3. The minimum atomic E-state index is 0.298. The van der Waals surface area contributed by atoms with E-state index in [4.69, 9.17) is 10.5 Å². The van der Waals surface area contributed by atoms with Crippen molar-refractivity contribution in [2.75, 3.05) is 26.7 Å². The van der Waals surface area contributed by atoms with Crippen molar-refractivity contribution in [3.05, 3.63) is 16.1 Å². The lowest BCUT2D eigenvalue weighted by molar-refractivity contribution is 0.187. The highest BCUT2D eigenvalue weighted by molar-refractivity contribution is 7.11. The summed E-state index contributed by atoms with van der Waals surface area (Å²) < 4.78 is 5.10. The summed E-state index contributed by atoms with van der Waals surface area (Å²) in [4.78, 5) is 8.08. The third-order valence-electron chi connectivity index (χ3n) is 3.38. The molecule has 0 aromatic carbocycles. The van der Waals surface area contributed by atoms with Gasteiger partial charge in [-0.05, 0) is 24.9 Å². The van der Waals surface area contributed by atoms with Gasteiger partial charge in [0.15, 0.2) is 0 Å². The number of aromatic nitrogens is 1. The molecule has 1 atom stereocenters. The van der Waals surface area contributed by atoms with Crippen LogP contribution < -0.4 is 5.73 Å². The maximum absolute atomic E-state index is 5.81. The zero-order valence-electron chi connectivity index (χ0n) is 10.6. The number of hydrogen-bond acceptors (Lipinski definition) is 5. The first-order valence-corrected chi connectivity index (χ1v) is 6.82. The zero-order chi connectivity index (χ0) is 12.3. The number of nitrogens with two attached hydrogens (primary N) is 1. The van der Waals surface area contributed by atoms with Crippen LogP contribution in [0.4, 0.5) is 0 Å². The number of ether oxygens (including phenoxy) is 1. The van der Waals surface area contributed by atoms with Crippen molar-refractivity contribution in [3.8, 4) is 0 Å². The molecule has 5 heteroatoms. The summed E-state index contributed by atoms with van der Waals surface area (Å²) in [5.74, 6) is 0. The van der Waals surface area contributed by atoms with Gasteiger partial charge in [-0.1, -0.05) is 6.92 Å². The van der Waals surface area contributed by atoms with Crippen molar-refractivity contribution < 1.29 is 4.74 Å². The SMILES string of the molecule is COCc1cnc(CN2CCC(C)(CN)C2)s1. The Balaban J connectivity index is 1.89. The van der Waals surface area contributed by atoms with E-state index < -0.39 is 0 Å². The first-order chi connectivity index (χ1) is 8.15. The second kappa shape index (κ2) is 5.44. The molecule has 2 rings (SSSR count). The number of hydrogen-bond donors (Lipinski definition) is 1. The number of methoxy groups -OCH3 is 1. The largest absolute Gasteiger partial charge is 0.379 e. The van der Waals surface area contributed by atoms with Crippen molar-refractivity contribution in [2.24, 2.45) is 11.1 Å². The summed E-state index contributed by atoms with van der Waals surface area (Å²) in [5, 5.41) is 1.18.